The normalized spacial score (nSPS) is 11.2. The molecule has 1 N–H and O–H groups in total. The molecule has 1 aromatic carbocycles. The molecule has 0 spiro atoms. The van der Waals surface area contributed by atoms with Crippen molar-refractivity contribution in [2.24, 2.45) is 5.92 Å². The first-order valence-corrected chi connectivity index (χ1v) is 8.34. The van der Waals surface area contributed by atoms with Crippen LogP contribution in [0.25, 0.3) is 0 Å². The molecule has 0 saturated carbocycles. The molecule has 126 valence electrons. The van der Waals surface area contributed by atoms with Gasteiger partial charge in [-0.25, -0.2) is 0 Å². The van der Waals surface area contributed by atoms with Crippen molar-refractivity contribution >= 4 is 0 Å². The lowest BCUT2D eigenvalue weighted by atomic mass is 10.1. The van der Waals surface area contributed by atoms with Crippen LogP contribution in [0.2, 0.25) is 0 Å². The third-order valence-electron chi connectivity index (χ3n) is 3.66. The summed E-state index contributed by atoms with van der Waals surface area (Å²) in [7, 11) is 1.69. The number of rotatable bonds is 11. The Morgan fingerprint density at radius 2 is 1.91 bits per heavy atom. The van der Waals surface area contributed by atoms with Crippen molar-refractivity contribution in [3.63, 3.8) is 0 Å². The summed E-state index contributed by atoms with van der Waals surface area (Å²) in [5, 5.41) is 3.50. The number of nitrogens with one attached hydrogen (secondary N) is 1. The third kappa shape index (κ3) is 6.24. The molecular formula is C18H32N2O2. The molecule has 0 fully saturated rings. The zero-order valence-corrected chi connectivity index (χ0v) is 14.8. The summed E-state index contributed by atoms with van der Waals surface area (Å²) in [5.41, 5.74) is 1.15. The van der Waals surface area contributed by atoms with E-state index in [1.807, 2.05) is 12.1 Å². The van der Waals surface area contributed by atoms with Crippen molar-refractivity contribution < 1.29 is 9.47 Å². The maximum atomic E-state index is 5.97. The quantitative estimate of drug-likeness (QED) is 0.637. The number of benzene rings is 1. The first kappa shape index (κ1) is 18.8. The first-order valence-electron chi connectivity index (χ1n) is 8.34. The van der Waals surface area contributed by atoms with Crippen molar-refractivity contribution in [2.45, 2.75) is 34.2 Å². The molecule has 4 heteroatoms. The highest BCUT2D eigenvalue weighted by Crippen LogP contribution is 2.31. The highest BCUT2D eigenvalue weighted by molar-refractivity contribution is 5.46. The Morgan fingerprint density at radius 3 is 2.50 bits per heavy atom. The standard InChI is InChI=1S/C18H32N2O2/c1-6-20(7-2)12-11-19-13-16-9-8-10-17(21-5)18(16)22-14-15(3)4/h8-10,15,19H,6-7,11-14H2,1-5H3. The Hall–Kier alpha value is -1.26. The van der Waals surface area contributed by atoms with Crippen LogP contribution in [0.15, 0.2) is 18.2 Å². The molecule has 0 aliphatic carbocycles. The fourth-order valence-corrected chi connectivity index (χ4v) is 2.28. The highest BCUT2D eigenvalue weighted by Gasteiger charge is 2.11. The van der Waals surface area contributed by atoms with Crippen molar-refractivity contribution in [2.75, 3.05) is 39.9 Å². The highest BCUT2D eigenvalue weighted by atomic mass is 16.5. The van der Waals surface area contributed by atoms with Crippen LogP contribution in [-0.4, -0.2) is 44.8 Å². The maximum absolute atomic E-state index is 5.97. The second-order valence-corrected chi connectivity index (χ2v) is 5.86. The molecule has 22 heavy (non-hydrogen) atoms. The molecule has 4 nitrogen and oxygen atoms in total. The number of nitrogens with zero attached hydrogens (tertiary/aromatic N) is 1. The van der Waals surface area contributed by atoms with Crippen LogP contribution in [0.5, 0.6) is 11.5 Å². The summed E-state index contributed by atoms with van der Waals surface area (Å²) in [5.74, 6) is 2.17. The number of hydrogen-bond donors (Lipinski definition) is 1. The summed E-state index contributed by atoms with van der Waals surface area (Å²) in [6.45, 7) is 14.4. The minimum Gasteiger partial charge on any atom is -0.493 e. The Kier molecular flexibility index (Phi) is 8.94. The lowest BCUT2D eigenvalue weighted by Crippen LogP contribution is -2.31. The van der Waals surface area contributed by atoms with E-state index < -0.39 is 0 Å². The van der Waals surface area contributed by atoms with Crippen molar-refractivity contribution in [1.82, 2.24) is 10.2 Å². The number of hydrogen-bond acceptors (Lipinski definition) is 4. The van der Waals surface area contributed by atoms with Gasteiger partial charge in [0.15, 0.2) is 11.5 Å². The fourth-order valence-electron chi connectivity index (χ4n) is 2.28. The van der Waals surface area contributed by atoms with Crippen LogP contribution in [0.1, 0.15) is 33.3 Å². The molecule has 1 rings (SSSR count). The Labute approximate surface area is 135 Å². The second kappa shape index (κ2) is 10.5. The van der Waals surface area contributed by atoms with E-state index in [4.69, 9.17) is 9.47 Å². The molecule has 0 amide bonds. The monoisotopic (exact) mass is 308 g/mol. The molecule has 0 aromatic heterocycles. The van der Waals surface area contributed by atoms with E-state index in [9.17, 15) is 0 Å². The molecule has 0 heterocycles. The number of ether oxygens (including phenoxy) is 2. The van der Waals surface area contributed by atoms with Gasteiger partial charge in [-0.15, -0.1) is 0 Å². The van der Waals surface area contributed by atoms with Crippen LogP contribution < -0.4 is 14.8 Å². The van der Waals surface area contributed by atoms with E-state index in [-0.39, 0.29) is 0 Å². The number of para-hydroxylation sites is 1. The van der Waals surface area contributed by atoms with E-state index >= 15 is 0 Å². The van der Waals surface area contributed by atoms with Crippen LogP contribution in [-0.2, 0) is 6.54 Å². The summed E-state index contributed by atoms with van der Waals surface area (Å²) in [6, 6.07) is 6.07. The lowest BCUT2D eigenvalue weighted by Gasteiger charge is -2.19. The summed E-state index contributed by atoms with van der Waals surface area (Å²) in [6.07, 6.45) is 0. The van der Waals surface area contributed by atoms with Gasteiger partial charge in [0, 0.05) is 25.2 Å². The molecule has 0 bridgehead atoms. The largest absolute Gasteiger partial charge is 0.493 e. The van der Waals surface area contributed by atoms with Crippen molar-refractivity contribution in [1.29, 1.82) is 0 Å². The maximum Gasteiger partial charge on any atom is 0.165 e. The van der Waals surface area contributed by atoms with Crippen molar-refractivity contribution in [3.8, 4) is 11.5 Å². The summed E-state index contributed by atoms with van der Waals surface area (Å²) in [4.78, 5) is 2.41. The van der Waals surface area contributed by atoms with Crippen molar-refractivity contribution in [3.05, 3.63) is 23.8 Å². The van der Waals surface area contributed by atoms with Gasteiger partial charge in [0.25, 0.3) is 0 Å². The predicted octanol–water partition coefficient (Wildman–Crippen LogP) is 3.16. The Bertz CT molecular complexity index is 418. The third-order valence-corrected chi connectivity index (χ3v) is 3.66. The average molecular weight is 308 g/mol. The van der Waals surface area contributed by atoms with Gasteiger partial charge in [-0.05, 0) is 25.1 Å². The second-order valence-electron chi connectivity index (χ2n) is 5.86. The molecule has 1 aromatic rings. The summed E-state index contributed by atoms with van der Waals surface area (Å²) >= 11 is 0. The van der Waals surface area contributed by atoms with Gasteiger partial charge in [0.05, 0.1) is 13.7 Å². The lowest BCUT2D eigenvalue weighted by molar-refractivity contribution is 0.253. The minimum atomic E-state index is 0.494. The number of likely N-dealkylation sites (N-methyl/N-ethyl adjacent to an activating group) is 1. The van der Waals surface area contributed by atoms with Gasteiger partial charge in [-0.1, -0.05) is 39.8 Å². The van der Waals surface area contributed by atoms with E-state index in [1.54, 1.807) is 7.11 Å². The predicted molar refractivity (Wildman–Crippen MR) is 92.8 cm³/mol. The Balaban J connectivity index is 2.60. The van der Waals surface area contributed by atoms with E-state index in [0.717, 1.165) is 49.8 Å². The SMILES string of the molecule is CCN(CC)CCNCc1cccc(OC)c1OCC(C)C. The van der Waals surface area contributed by atoms with E-state index in [2.05, 4.69) is 44.0 Å². The van der Waals surface area contributed by atoms with Gasteiger partial charge < -0.3 is 19.7 Å². The molecule has 0 aliphatic heterocycles. The smallest absolute Gasteiger partial charge is 0.165 e. The number of methoxy groups -OCH3 is 1. The fraction of sp³-hybridized carbons (Fsp3) is 0.667. The molecule has 0 radical (unpaired) electrons. The van der Waals surface area contributed by atoms with Crippen LogP contribution >= 0.6 is 0 Å². The van der Waals surface area contributed by atoms with Gasteiger partial charge in [-0.3, -0.25) is 0 Å². The first-order chi connectivity index (χ1) is 10.6. The van der Waals surface area contributed by atoms with Gasteiger partial charge in [0.2, 0.25) is 0 Å². The molecule has 0 aliphatic rings. The minimum absolute atomic E-state index is 0.494. The van der Waals surface area contributed by atoms with Crippen LogP contribution in [0.4, 0.5) is 0 Å². The molecule has 0 saturated heterocycles. The average Bonchev–Trinajstić information content (AvgIpc) is 2.53. The van der Waals surface area contributed by atoms with Gasteiger partial charge >= 0.3 is 0 Å². The van der Waals surface area contributed by atoms with E-state index in [0.29, 0.717) is 12.5 Å². The molecule has 0 unspecified atom stereocenters. The van der Waals surface area contributed by atoms with Crippen LogP contribution in [0.3, 0.4) is 0 Å². The van der Waals surface area contributed by atoms with E-state index in [1.165, 1.54) is 0 Å². The molecular weight excluding hydrogens is 276 g/mol. The zero-order chi connectivity index (χ0) is 16.4. The molecule has 0 atom stereocenters. The van der Waals surface area contributed by atoms with Crippen LogP contribution in [0, 0.1) is 5.92 Å². The Morgan fingerprint density at radius 1 is 1.18 bits per heavy atom. The topological polar surface area (TPSA) is 33.7 Å². The summed E-state index contributed by atoms with van der Waals surface area (Å²) < 4.78 is 11.4. The van der Waals surface area contributed by atoms with Gasteiger partial charge in [-0.2, -0.15) is 0 Å². The zero-order valence-electron chi connectivity index (χ0n) is 14.8. The van der Waals surface area contributed by atoms with Gasteiger partial charge in [0.1, 0.15) is 0 Å².